The normalized spacial score (nSPS) is 11.2. The summed E-state index contributed by atoms with van der Waals surface area (Å²) in [6, 6.07) is 13.6. The van der Waals surface area contributed by atoms with Crippen molar-refractivity contribution >= 4 is 11.5 Å². The highest BCUT2D eigenvalue weighted by Crippen LogP contribution is 2.18. The Morgan fingerprint density at radius 2 is 2.00 bits per heavy atom. The van der Waals surface area contributed by atoms with E-state index in [2.05, 4.69) is 15.5 Å². The number of aromatic nitrogens is 1. The van der Waals surface area contributed by atoms with E-state index < -0.39 is 0 Å². The average molecular weight is 255 g/mol. The van der Waals surface area contributed by atoms with Gasteiger partial charge in [0.1, 0.15) is 11.6 Å². The molecule has 0 saturated heterocycles. The van der Waals surface area contributed by atoms with E-state index in [4.69, 9.17) is 4.74 Å². The highest BCUT2D eigenvalue weighted by atomic mass is 16.5. The number of hydrazone groups is 1. The van der Waals surface area contributed by atoms with Gasteiger partial charge in [0.15, 0.2) is 0 Å². The molecular formula is C15H17N3O. The first kappa shape index (κ1) is 13.1. The molecule has 1 aromatic heterocycles. The molecule has 0 bridgehead atoms. The topological polar surface area (TPSA) is 46.5 Å². The summed E-state index contributed by atoms with van der Waals surface area (Å²) >= 11 is 0. The van der Waals surface area contributed by atoms with Gasteiger partial charge in [0.05, 0.1) is 7.11 Å². The summed E-state index contributed by atoms with van der Waals surface area (Å²) in [4.78, 5) is 4.15. The molecule has 0 aliphatic heterocycles. The number of hydrogen-bond donors (Lipinski definition) is 1. The fourth-order valence-electron chi connectivity index (χ4n) is 1.75. The SMILES string of the molecule is COc1ccccc1C/C(C)=N\Nc1ccccn1. The molecule has 1 aromatic carbocycles. The van der Waals surface area contributed by atoms with Crippen molar-refractivity contribution in [3.8, 4) is 5.75 Å². The summed E-state index contributed by atoms with van der Waals surface area (Å²) in [6.07, 6.45) is 2.47. The molecule has 0 spiro atoms. The lowest BCUT2D eigenvalue weighted by Crippen LogP contribution is -2.03. The molecule has 19 heavy (non-hydrogen) atoms. The van der Waals surface area contributed by atoms with Gasteiger partial charge in [-0.25, -0.2) is 4.98 Å². The molecule has 0 fully saturated rings. The predicted molar refractivity (Wildman–Crippen MR) is 77.7 cm³/mol. The molecule has 2 aromatic rings. The number of para-hydroxylation sites is 1. The van der Waals surface area contributed by atoms with E-state index in [0.29, 0.717) is 0 Å². The molecule has 98 valence electrons. The first-order valence-corrected chi connectivity index (χ1v) is 6.11. The molecule has 0 aliphatic rings. The predicted octanol–water partition coefficient (Wildman–Crippen LogP) is 3.12. The van der Waals surface area contributed by atoms with Gasteiger partial charge in [-0.3, -0.25) is 5.43 Å². The van der Waals surface area contributed by atoms with Crippen LogP contribution in [0.2, 0.25) is 0 Å². The smallest absolute Gasteiger partial charge is 0.146 e. The third-order valence-corrected chi connectivity index (χ3v) is 2.67. The van der Waals surface area contributed by atoms with Gasteiger partial charge in [-0.05, 0) is 30.7 Å². The number of ether oxygens (including phenoxy) is 1. The summed E-state index contributed by atoms with van der Waals surface area (Å²) in [7, 11) is 1.68. The lowest BCUT2D eigenvalue weighted by molar-refractivity contribution is 0.411. The minimum atomic E-state index is 0.738. The Bertz CT molecular complexity index is 552. The molecule has 0 atom stereocenters. The molecule has 2 rings (SSSR count). The van der Waals surface area contributed by atoms with Crippen molar-refractivity contribution < 1.29 is 4.74 Å². The quantitative estimate of drug-likeness (QED) is 0.659. The first-order valence-electron chi connectivity index (χ1n) is 6.11. The maximum Gasteiger partial charge on any atom is 0.146 e. The second-order valence-corrected chi connectivity index (χ2v) is 4.16. The van der Waals surface area contributed by atoms with Crippen LogP contribution < -0.4 is 10.2 Å². The number of rotatable bonds is 5. The molecule has 0 amide bonds. The zero-order valence-electron chi connectivity index (χ0n) is 11.1. The minimum absolute atomic E-state index is 0.738. The molecule has 0 saturated carbocycles. The Hall–Kier alpha value is -2.36. The Labute approximate surface area is 113 Å². The van der Waals surface area contributed by atoms with Gasteiger partial charge in [-0.2, -0.15) is 5.10 Å². The van der Waals surface area contributed by atoms with Crippen molar-refractivity contribution in [1.29, 1.82) is 0 Å². The van der Waals surface area contributed by atoms with Crippen LogP contribution >= 0.6 is 0 Å². The summed E-state index contributed by atoms with van der Waals surface area (Å²) < 4.78 is 5.32. The lowest BCUT2D eigenvalue weighted by Gasteiger charge is -2.08. The van der Waals surface area contributed by atoms with Gasteiger partial charge >= 0.3 is 0 Å². The van der Waals surface area contributed by atoms with E-state index in [1.54, 1.807) is 13.3 Å². The van der Waals surface area contributed by atoms with Crippen molar-refractivity contribution in [2.75, 3.05) is 12.5 Å². The summed E-state index contributed by atoms with van der Waals surface area (Å²) in [5, 5.41) is 4.31. The zero-order chi connectivity index (χ0) is 13.5. The van der Waals surface area contributed by atoms with Gasteiger partial charge in [-0.1, -0.05) is 24.3 Å². The number of pyridine rings is 1. The molecule has 0 aliphatic carbocycles. The lowest BCUT2D eigenvalue weighted by atomic mass is 10.1. The van der Waals surface area contributed by atoms with Crippen LogP contribution in [-0.4, -0.2) is 17.8 Å². The van der Waals surface area contributed by atoms with Crippen LogP contribution in [0, 0.1) is 0 Å². The van der Waals surface area contributed by atoms with Gasteiger partial charge in [0, 0.05) is 18.3 Å². The Morgan fingerprint density at radius 3 is 2.74 bits per heavy atom. The Morgan fingerprint density at radius 1 is 1.21 bits per heavy atom. The van der Waals surface area contributed by atoms with Crippen molar-refractivity contribution in [2.24, 2.45) is 5.10 Å². The van der Waals surface area contributed by atoms with Gasteiger partial charge in [0.2, 0.25) is 0 Å². The van der Waals surface area contributed by atoms with Crippen LogP contribution in [0.25, 0.3) is 0 Å². The Balaban J connectivity index is 2.02. The summed E-state index contributed by atoms with van der Waals surface area (Å²) in [5.74, 6) is 1.62. The monoisotopic (exact) mass is 255 g/mol. The number of anilines is 1. The third kappa shape index (κ3) is 3.81. The zero-order valence-corrected chi connectivity index (χ0v) is 11.1. The third-order valence-electron chi connectivity index (χ3n) is 2.67. The standard InChI is InChI=1S/C15H17N3O/c1-12(17-18-15-9-5-6-10-16-15)11-13-7-3-4-8-14(13)19-2/h3-10H,11H2,1-2H3,(H,16,18)/b17-12-. The number of nitrogens with zero attached hydrogens (tertiary/aromatic N) is 2. The molecule has 1 N–H and O–H groups in total. The largest absolute Gasteiger partial charge is 0.496 e. The summed E-state index contributed by atoms with van der Waals surface area (Å²) in [6.45, 7) is 1.97. The number of hydrogen-bond acceptors (Lipinski definition) is 4. The highest BCUT2D eigenvalue weighted by Gasteiger charge is 2.03. The molecule has 0 radical (unpaired) electrons. The minimum Gasteiger partial charge on any atom is -0.496 e. The van der Waals surface area contributed by atoms with Crippen molar-refractivity contribution in [2.45, 2.75) is 13.3 Å². The fraction of sp³-hybridized carbons (Fsp3) is 0.200. The summed E-state index contributed by atoms with van der Waals surface area (Å²) in [5.41, 5.74) is 5.03. The fourth-order valence-corrected chi connectivity index (χ4v) is 1.75. The highest BCUT2D eigenvalue weighted by molar-refractivity contribution is 5.85. The van der Waals surface area contributed by atoms with E-state index in [9.17, 15) is 0 Å². The van der Waals surface area contributed by atoms with Crippen LogP contribution in [0.1, 0.15) is 12.5 Å². The van der Waals surface area contributed by atoms with Gasteiger partial charge in [-0.15, -0.1) is 0 Å². The molecule has 4 heteroatoms. The second kappa shape index (κ2) is 6.54. The molecule has 4 nitrogen and oxygen atoms in total. The maximum absolute atomic E-state index is 5.32. The van der Waals surface area contributed by atoms with Crippen LogP contribution in [0.4, 0.5) is 5.82 Å². The van der Waals surface area contributed by atoms with Gasteiger partial charge < -0.3 is 4.74 Å². The van der Waals surface area contributed by atoms with Crippen LogP contribution in [0.3, 0.4) is 0 Å². The van der Waals surface area contributed by atoms with Crippen molar-refractivity contribution in [1.82, 2.24) is 4.98 Å². The maximum atomic E-state index is 5.32. The second-order valence-electron chi connectivity index (χ2n) is 4.16. The van der Waals surface area contributed by atoms with Crippen LogP contribution in [0.15, 0.2) is 53.8 Å². The van der Waals surface area contributed by atoms with Gasteiger partial charge in [0.25, 0.3) is 0 Å². The number of benzene rings is 1. The van der Waals surface area contributed by atoms with E-state index in [0.717, 1.165) is 29.3 Å². The van der Waals surface area contributed by atoms with E-state index >= 15 is 0 Å². The first-order chi connectivity index (χ1) is 9.29. The average Bonchev–Trinajstić information content (AvgIpc) is 2.47. The van der Waals surface area contributed by atoms with E-state index in [1.165, 1.54) is 0 Å². The van der Waals surface area contributed by atoms with Crippen LogP contribution in [0.5, 0.6) is 5.75 Å². The van der Waals surface area contributed by atoms with E-state index in [-0.39, 0.29) is 0 Å². The number of nitrogens with one attached hydrogen (secondary N) is 1. The Kier molecular flexibility index (Phi) is 4.50. The molecular weight excluding hydrogens is 238 g/mol. The molecule has 1 heterocycles. The molecule has 0 unspecified atom stereocenters. The van der Waals surface area contributed by atoms with Crippen LogP contribution in [-0.2, 0) is 6.42 Å². The van der Waals surface area contributed by atoms with E-state index in [1.807, 2.05) is 49.4 Å². The number of methoxy groups -OCH3 is 1. The van der Waals surface area contributed by atoms with Crippen molar-refractivity contribution in [3.05, 3.63) is 54.2 Å². The van der Waals surface area contributed by atoms with Crippen molar-refractivity contribution in [3.63, 3.8) is 0 Å².